The average Bonchev–Trinajstić information content (AvgIpc) is 1.38. The Balaban J connectivity index is 2.85. The molecule has 0 N–H and O–H groups in total. The first-order valence-corrected chi connectivity index (χ1v) is 3.33. The molecule has 0 nitrogen and oxygen atoms in total. The van der Waals surface area contributed by atoms with Gasteiger partial charge in [-0.3, -0.25) is 0 Å². The van der Waals surface area contributed by atoms with E-state index >= 15 is 0 Å². The maximum absolute atomic E-state index is 3.69. The van der Waals surface area contributed by atoms with Crippen molar-refractivity contribution in [3.05, 3.63) is 12.2 Å². The molecule has 0 unspecified atom stereocenters. The zero-order chi connectivity index (χ0) is 4.28. The number of rotatable bonds is 1. The molecule has 0 fully saturated rings. The van der Waals surface area contributed by atoms with Gasteiger partial charge in [0.2, 0.25) is 0 Å². The SMILES string of the molecule is C=C(C)C[TeH]. The molecule has 0 saturated heterocycles. The number of allylic oxidation sites excluding steroid dienone is 1. The summed E-state index contributed by atoms with van der Waals surface area (Å²) in [6.45, 7) is 5.73. The average molecular weight is 184 g/mol. The van der Waals surface area contributed by atoms with E-state index in [9.17, 15) is 0 Å². The van der Waals surface area contributed by atoms with Crippen molar-refractivity contribution in [1.29, 1.82) is 0 Å². The second-order valence-electron chi connectivity index (χ2n) is 1.12. The molecule has 0 aliphatic carbocycles. The minimum absolute atomic E-state index is 1.16. The summed E-state index contributed by atoms with van der Waals surface area (Å²) >= 11 is 1.80. The predicted molar refractivity (Wildman–Crippen MR) is 26.8 cm³/mol. The first-order chi connectivity index (χ1) is 2.27. The summed E-state index contributed by atoms with van der Waals surface area (Å²) in [5.41, 5.74) is 1.28. The zero-order valence-electron chi connectivity index (χ0n) is 3.36. The molecule has 0 heterocycles. The Bertz CT molecular complexity index is 38.9. The van der Waals surface area contributed by atoms with Gasteiger partial charge in [0.15, 0.2) is 0 Å². The second kappa shape index (κ2) is 2.75. The van der Waals surface area contributed by atoms with Crippen LogP contribution in [0.5, 0.6) is 0 Å². The van der Waals surface area contributed by atoms with Crippen LogP contribution in [0.1, 0.15) is 6.92 Å². The molecular weight excluding hydrogens is 176 g/mol. The van der Waals surface area contributed by atoms with E-state index in [0.29, 0.717) is 0 Å². The van der Waals surface area contributed by atoms with E-state index in [0.717, 1.165) is 4.47 Å². The van der Waals surface area contributed by atoms with Crippen molar-refractivity contribution < 1.29 is 0 Å². The molecule has 0 aromatic rings. The third-order valence-corrected chi connectivity index (χ3v) is 1.81. The molecule has 0 atom stereocenters. The summed E-state index contributed by atoms with van der Waals surface area (Å²) in [5, 5.41) is 0. The molecule has 0 amide bonds. The van der Waals surface area contributed by atoms with E-state index < -0.39 is 0 Å². The molecule has 1 heteroatoms. The van der Waals surface area contributed by atoms with E-state index in [2.05, 4.69) is 6.58 Å². The maximum atomic E-state index is 3.69. The van der Waals surface area contributed by atoms with E-state index in [4.69, 9.17) is 0 Å². The van der Waals surface area contributed by atoms with E-state index in [-0.39, 0.29) is 0 Å². The molecule has 0 bridgehead atoms. The Morgan fingerprint density at radius 2 is 2.20 bits per heavy atom. The fourth-order valence-corrected chi connectivity index (χ4v) is 0. The zero-order valence-corrected chi connectivity index (χ0v) is 5.91. The fraction of sp³-hybridized carbons (Fsp3) is 0.500. The van der Waals surface area contributed by atoms with Crippen LogP contribution in [0, 0.1) is 0 Å². The molecule has 0 rings (SSSR count). The van der Waals surface area contributed by atoms with Gasteiger partial charge in [-0.25, -0.2) is 0 Å². The van der Waals surface area contributed by atoms with E-state index in [1.165, 1.54) is 5.57 Å². The van der Waals surface area contributed by atoms with Crippen molar-refractivity contribution in [3.63, 3.8) is 0 Å². The van der Waals surface area contributed by atoms with Crippen LogP contribution in [0.15, 0.2) is 12.2 Å². The normalized spacial score (nSPS) is 7.60. The number of hydrogen-bond donors (Lipinski definition) is 0. The summed E-state index contributed by atoms with van der Waals surface area (Å²) in [6, 6.07) is 0. The molecule has 0 aliphatic heterocycles. The van der Waals surface area contributed by atoms with Gasteiger partial charge < -0.3 is 0 Å². The topological polar surface area (TPSA) is 0 Å². The van der Waals surface area contributed by atoms with Crippen molar-refractivity contribution in [2.45, 2.75) is 11.4 Å². The Morgan fingerprint density at radius 3 is 2.20 bits per heavy atom. The summed E-state index contributed by atoms with van der Waals surface area (Å²) in [7, 11) is 0. The van der Waals surface area contributed by atoms with Gasteiger partial charge in [0.05, 0.1) is 0 Å². The second-order valence-corrected chi connectivity index (χ2v) is 2.02. The Labute approximate surface area is 46.2 Å². The third-order valence-electron chi connectivity index (χ3n) is 0.270. The Hall–Kier alpha value is 0.530. The van der Waals surface area contributed by atoms with E-state index in [1.54, 1.807) is 22.3 Å². The summed E-state index contributed by atoms with van der Waals surface area (Å²) in [5.74, 6) is 0. The molecule has 0 aliphatic rings. The van der Waals surface area contributed by atoms with Gasteiger partial charge in [-0.2, -0.15) is 0 Å². The van der Waals surface area contributed by atoms with Gasteiger partial charge in [-0.15, -0.1) is 0 Å². The molecule has 0 saturated carbocycles. The van der Waals surface area contributed by atoms with Gasteiger partial charge in [0.1, 0.15) is 0 Å². The molecule has 0 aromatic carbocycles. The van der Waals surface area contributed by atoms with Crippen LogP contribution in [0.2, 0.25) is 4.47 Å². The van der Waals surface area contributed by atoms with Crippen LogP contribution in [0.4, 0.5) is 0 Å². The summed E-state index contributed by atoms with van der Waals surface area (Å²) < 4.78 is 1.16. The van der Waals surface area contributed by atoms with Crippen LogP contribution in [-0.4, -0.2) is 22.3 Å². The van der Waals surface area contributed by atoms with Gasteiger partial charge in [-0.1, -0.05) is 0 Å². The van der Waals surface area contributed by atoms with Gasteiger partial charge in [0.25, 0.3) is 0 Å². The number of hydrogen-bond acceptors (Lipinski definition) is 0. The van der Waals surface area contributed by atoms with Crippen LogP contribution >= 0.6 is 0 Å². The summed E-state index contributed by atoms with van der Waals surface area (Å²) in [4.78, 5) is 0. The van der Waals surface area contributed by atoms with Crippen LogP contribution < -0.4 is 0 Å². The van der Waals surface area contributed by atoms with Crippen molar-refractivity contribution in [2.24, 2.45) is 0 Å². The standard InChI is InChI=1S/C4H8Te/c1-4(2)3-5/h5H,1,3H2,2H3. The van der Waals surface area contributed by atoms with Gasteiger partial charge in [0, 0.05) is 0 Å². The fourth-order valence-electron chi connectivity index (χ4n) is 0. The molecule has 0 spiro atoms. The van der Waals surface area contributed by atoms with Crippen molar-refractivity contribution in [1.82, 2.24) is 0 Å². The monoisotopic (exact) mass is 186 g/mol. The molecule has 0 radical (unpaired) electrons. The summed E-state index contributed by atoms with van der Waals surface area (Å²) in [6.07, 6.45) is 0. The van der Waals surface area contributed by atoms with Gasteiger partial charge >= 0.3 is 45.8 Å². The van der Waals surface area contributed by atoms with Crippen molar-refractivity contribution in [2.75, 3.05) is 0 Å². The molecule has 5 heavy (non-hydrogen) atoms. The first-order valence-electron chi connectivity index (χ1n) is 1.52. The molecular formula is C4H8Te. The van der Waals surface area contributed by atoms with E-state index in [1.807, 2.05) is 6.92 Å². The Morgan fingerprint density at radius 1 is 2.00 bits per heavy atom. The third kappa shape index (κ3) is 4.53. The minimum atomic E-state index is 1.16. The first kappa shape index (κ1) is 5.53. The van der Waals surface area contributed by atoms with Crippen LogP contribution in [0.25, 0.3) is 0 Å². The van der Waals surface area contributed by atoms with Crippen LogP contribution in [-0.2, 0) is 0 Å². The predicted octanol–water partition coefficient (Wildman–Crippen LogP) is 0.882. The Kier molecular flexibility index (Phi) is 3.04. The molecule has 30 valence electrons. The quantitative estimate of drug-likeness (QED) is 0.419. The van der Waals surface area contributed by atoms with Gasteiger partial charge in [-0.05, 0) is 0 Å². The molecule has 0 aromatic heterocycles. The van der Waals surface area contributed by atoms with Crippen LogP contribution in [0.3, 0.4) is 0 Å². The van der Waals surface area contributed by atoms with Crippen molar-refractivity contribution >= 4 is 22.3 Å². The van der Waals surface area contributed by atoms with Crippen molar-refractivity contribution in [3.8, 4) is 0 Å².